The van der Waals surface area contributed by atoms with E-state index >= 15 is 0 Å². The summed E-state index contributed by atoms with van der Waals surface area (Å²) in [6.45, 7) is 3.07. The number of aliphatic hydroxyl groups is 2. The van der Waals surface area contributed by atoms with E-state index in [0.29, 0.717) is 0 Å². The van der Waals surface area contributed by atoms with Crippen molar-refractivity contribution in [1.29, 1.82) is 0 Å². The highest BCUT2D eigenvalue weighted by Crippen LogP contribution is 2.55. The number of carbonyl (C=O) groups is 2. The van der Waals surface area contributed by atoms with E-state index in [9.17, 15) is 19.8 Å². The molecule has 2 aromatic rings. The van der Waals surface area contributed by atoms with Crippen molar-refractivity contribution >= 4 is 35.1 Å². The first-order valence-electron chi connectivity index (χ1n) is 11.1. The number of carbonyl (C=O) groups excluding carboxylic acids is 2. The van der Waals surface area contributed by atoms with Crippen LogP contribution in [0.4, 0.5) is 0 Å². The van der Waals surface area contributed by atoms with E-state index in [2.05, 4.69) is 0 Å². The normalized spacial score (nSPS) is 19.1. The fraction of sp³-hybridized carbons (Fsp3) is 0.462. The van der Waals surface area contributed by atoms with Crippen LogP contribution in [0.2, 0.25) is 0 Å². The van der Waals surface area contributed by atoms with Crippen LogP contribution in [0.3, 0.4) is 0 Å². The number of benzene rings is 2. The molecule has 2 aliphatic carbocycles. The van der Waals surface area contributed by atoms with Crippen LogP contribution in [-0.4, -0.2) is 43.5 Å². The maximum Gasteiger partial charge on any atom is 0.132 e. The van der Waals surface area contributed by atoms with Crippen molar-refractivity contribution in [1.82, 2.24) is 0 Å². The monoisotopic (exact) mass is 472 g/mol. The SMILES string of the molecule is CC(=O)C[C@@H](O)C1(Sc2ccccc2)CC1.CC(=O)C[C@@H](O)C1(Sc2ccccc2)CC1. The maximum absolute atomic E-state index is 11.0. The third-order valence-corrected chi connectivity index (χ3v) is 8.98. The van der Waals surface area contributed by atoms with Crippen LogP contribution in [-0.2, 0) is 9.59 Å². The summed E-state index contributed by atoms with van der Waals surface area (Å²) in [6.07, 6.45) is 3.55. The van der Waals surface area contributed by atoms with Gasteiger partial charge in [-0.1, -0.05) is 36.4 Å². The Hall–Kier alpha value is -1.60. The minimum Gasteiger partial charge on any atom is -0.391 e. The second kappa shape index (κ2) is 11.0. The first-order valence-corrected chi connectivity index (χ1v) is 12.7. The largest absolute Gasteiger partial charge is 0.391 e. The van der Waals surface area contributed by atoms with E-state index in [-0.39, 0.29) is 33.9 Å². The quantitative estimate of drug-likeness (QED) is 0.489. The molecule has 6 heteroatoms. The van der Waals surface area contributed by atoms with Gasteiger partial charge in [0.15, 0.2) is 0 Å². The Morgan fingerprint density at radius 3 is 1.28 bits per heavy atom. The molecular weight excluding hydrogens is 440 g/mol. The van der Waals surface area contributed by atoms with Gasteiger partial charge in [-0.3, -0.25) is 9.59 Å². The molecule has 0 amide bonds. The molecule has 0 bridgehead atoms. The highest BCUT2D eigenvalue weighted by Gasteiger charge is 2.50. The van der Waals surface area contributed by atoms with Crippen molar-refractivity contribution in [2.75, 3.05) is 0 Å². The molecule has 0 aliphatic heterocycles. The van der Waals surface area contributed by atoms with Gasteiger partial charge in [-0.05, 0) is 63.8 Å². The lowest BCUT2D eigenvalue weighted by Gasteiger charge is -2.20. The Bertz CT molecular complexity index is 817. The van der Waals surface area contributed by atoms with Crippen molar-refractivity contribution < 1.29 is 19.8 Å². The summed E-state index contributed by atoms with van der Waals surface area (Å²) < 4.78 is -0.208. The highest BCUT2D eigenvalue weighted by atomic mass is 32.2. The molecule has 2 saturated carbocycles. The predicted molar refractivity (Wildman–Crippen MR) is 131 cm³/mol. The van der Waals surface area contributed by atoms with Crippen LogP contribution in [0.15, 0.2) is 70.5 Å². The standard InChI is InChI=1S/2C13H16O2S/c2*1-10(14)9-12(15)13(7-8-13)16-11-5-3-2-4-6-11/h2*2-6,12,15H,7-9H2,1H3/t2*12-/m11/s1. The van der Waals surface area contributed by atoms with Gasteiger partial charge >= 0.3 is 0 Å². The third-order valence-electron chi connectivity index (χ3n) is 5.79. The van der Waals surface area contributed by atoms with Crippen LogP contribution < -0.4 is 0 Å². The molecule has 2 aromatic carbocycles. The minimum absolute atomic E-state index is 0.0624. The second-order valence-electron chi connectivity index (χ2n) is 8.80. The summed E-state index contributed by atoms with van der Waals surface area (Å²) >= 11 is 3.41. The molecule has 0 aromatic heterocycles. The number of aliphatic hydroxyl groups excluding tert-OH is 2. The Balaban J connectivity index is 0.000000181. The van der Waals surface area contributed by atoms with E-state index < -0.39 is 12.2 Å². The summed E-state index contributed by atoms with van der Waals surface area (Å²) in [7, 11) is 0. The summed E-state index contributed by atoms with van der Waals surface area (Å²) in [5.74, 6) is 0.125. The van der Waals surface area contributed by atoms with Crippen molar-refractivity contribution in [3.05, 3.63) is 60.7 Å². The Morgan fingerprint density at radius 2 is 1.03 bits per heavy atom. The fourth-order valence-corrected chi connectivity index (χ4v) is 6.19. The van der Waals surface area contributed by atoms with E-state index in [1.165, 1.54) is 23.6 Å². The van der Waals surface area contributed by atoms with Crippen LogP contribution >= 0.6 is 23.5 Å². The summed E-state index contributed by atoms with van der Waals surface area (Å²) in [4.78, 5) is 24.4. The van der Waals surface area contributed by atoms with Crippen molar-refractivity contribution in [2.24, 2.45) is 0 Å². The molecule has 0 saturated heterocycles. The molecule has 4 nitrogen and oxygen atoms in total. The molecular formula is C26H32O4S2. The fourth-order valence-electron chi connectivity index (χ4n) is 3.62. The lowest BCUT2D eigenvalue weighted by Crippen LogP contribution is -2.26. The summed E-state index contributed by atoms with van der Waals surface area (Å²) in [5, 5.41) is 20.1. The number of ketones is 2. The Labute approximate surface area is 199 Å². The Morgan fingerprint density at radius 1 is 0.719 bits per heavy atom. The zero-order chi connectivity index (χ0) is 23.2. The number of Topliss-reactive ketones (excluding diaryl/α,β-unsaturated/α-hetero) is 2. The molecule has 2 fully saturated rings. The minimum atomic E-state index is -0.504. The van der Waals surface area contributed by atoms with Gasteiger partial charge in [0, 0.05) is 32.1 Å². The molecule has 2 atom stereocenters. The molecule has 172 valence electrons. The smallest absolute Gasteiger partial charge is 0.132 e. The van der Waals surface area contributed by atoms with Crippen molar-refractivity contribution in [3.8, 4) is 0 Å². The summed E-state index contributed by atoms with van der Waals surface area (Å²) in [6, 6.07) is 20.1. The lowest BCUT2D eigenvalue weighted by molar-refractivity contribution is -0.119. The van der Waals surface area contributed by atoms with Gasteiger partial charge in [0.1, 0.15) is 11.6 Å². The lowest BCUT2D eigenvalue weighted by atomic mass is 10.1. The Kier molecular flexibility index (Phi) is 8.62. The van der Waals surface area contributed by atoms with Gasteiger partial charge in [-0.2, -0.15) is 0 Å². The first kappa shape index (κ1) is 25.0. The first-order chi connectivity index (χ1) is 15.2. The number of thioether (sulfide) groups is 2. The average molecular weight is 473 g/mol. The average Bonchev–Trinajstić information content (AvgIpc) is 3.67. The van der Waals surface area contributed by atoms with E-state index in [1.54, 1.807) is 23.5 Å². The van der Waals surface area contributed by atoms with Gasteiger partial charge in [-0.25, -0.2) is 0 Å². The van der Waals surface area contributed by atoms with Gasteiger partial charge in [0.2, 0.25) is 0 Å². The van der Waals surface area contributed by atoms with Gasteiger partial charge < -0.3 is 10.2 Å². The van der Waals surface area contributed by atoms with Crippen LogP contribution in [0, 0.1) is 0 Å². The van der Waals surface area contributed by atoms with Crippen LogP contribution in [0.1, 0.15) is 52.4 Å². The molecule has 0 spiro atoms. The molecule has 4 rings (SSSR count). The zero-order valence-electron chi connectivity index (χ0n) is 18.7. The maximum atomic E-state index is 11.0. The predicted octanol–water partition coefficient (Wildman–Crippen LogP) is 5.30. The molecule has 2 aliphatic rings. The highest BCUT2D eigenvalue weighted by molar-refractivity contribution is 8.01. The number of hydrogen-bond donors (Lipinski definition) is 2. The van der Waals surface area contributed by atoms with Gasteiger partial charge in [0.25, 0.3) is 0 Å². The third kappa shape index (κ3) is 7.20. The summed E-state index contributed by atoms with van der Waals surface area (Å²) in [5.41, 5.74) is 0. The number of hydrogen-bond acceptors (Lipinski definition) is 6. The molecule has 0 unspecified atom stereocenters. The topological polar surface area (TPSA) is 74.6 Å². The van der Waals surface area contributed by atoms with Crippen LogP contribution in [0.25, 0.3) is 0 Å². The van der Waals surface area contributed by atoms with Crippen LogP contribution in [0.5, 0.6) is 0 Å². The van der Waals surface area contributed by atoms with E-state index in [0.717, 1.165) is 25.7 Å². The number of rotatable bonds is 10. The molecule has 2 N–H and O–H groups in total. The zero-order valence-corrected chi connectivity index (χ0v) is 20.3. The molecule has 0 radical (unpaired) electrons. The molecule has 0 heterocycles. The van der Waals surface area contributed by atoms with Gasteiger partial charge in [0.05, 0.1) is 12.2 Å². The van der Waals surface area contributed by atoms with E-state index in [1.807, 2.05) is 60.7 Å². The van der Waals surface area contributed by atoms with E-state index in [4.69, 9.17) is 0 Å². The van der Waals surface area contributed by atoms with Crippen molar-refractivity contribution in [3.63, 3.8) is 0 Å². The second-order valence-corrected chi connectivity index (χ2v) is 11.8. The van der Waals surface area contributed by atoms with Crippen molar-refractivity contribution in [2.45, 2.75) is 83.9 Å². The van der Waals surface area contributed by atoms with Gasteiger partial charge in [-0.15, -0.1) is 23.5 Å². The molecule has 32 heavy (non-hydrogen) atoms.